The molecule has 246 valence electrons. The summed E-state index contributed by atoms with van der Waals surface area (Å²) in [6.45, 7) is 2.16. The van der Waals surface area contributed by atoms with Gasteiger partial charge in [0.25, 0.3) is 5.91 Å². The van der Waals surface area contributed by atoms with E-state index >= 15 is 0 Å². The van der Waals surface area contributed by atoms with E-state index in [2.05, 4.69) is 20.0 Å². The van der Waals surface area contributed by atoms with Crippen LogP contribution in [0.3, 0.4) is 0 Å². The van der Waals surface area contributed by atoms with Crippen molar-refractivity contribution >= 4 is 27.7 Å². The fourth-order valence-electron chi connectivity index (χ4n) is 6.45. The fraction of sp³-hybridized carbons (Fsp3) is 0.545. The lowest BCUT2D eigenvalue weighted by molar-refractivity contribution is -0.140. The minimum absolute atomic E-state index is 0.167. The van der Waals surface area contributed by atoms with Crippen LogP contribution in [0.2, 0.25) is 0 Å². The molecule has 3 amide bonds. The summed E-state index contributed by atoms with van der Waals surface area (Å²) in [5.41, 5.74) is -0.629. The molecule has 5 atom stereocenters. The van der Waals surface area contributed by atoms with Gasteiger partial charge in [-0.1, -0.05) is 42.5 Å². The van der Waals surface area contributed by atoms with Crippen molar-refractivity contribution in [1.29, 1.82) is 0 Å². The zero-order chi connectivity index (χ0) is 32.7. The van der Waals surface area contributed by atoms with Gasteiger partial charge in [-0.25, -0.2) is 8.42 Å². The number of sulfonamides is 1. The molecule has 12 nitrogen and oxygen atoms in total. The summed E-state index contributed by atoms with van der Waals surface area (Å²) >= 11 is 0. The third-order valence-electron chi connectivity index (χ3n) is 9.84. The number of hydrogen-bond acceptors (Lipinski definition) is 9. The van der Waals surface area contributed by atoms with Crippen molar-refractivity contribution in [1.82, 2.24) is 24.9 Å². The first kappa shape index (κ1) is 32.0. The maximum atomic E-state index is 14.0. The van der Waals surface area contributed by atoms with Crippen molar-refractivity contribution in [3.63, 3.8) is 0 Å². The molecule has 1 aromatic heterocycles. The monoisotopic (exact) mass is 651 g/mol. The summed E-state index contributed by atoms with van der Waals surface area (Å²) in [6.07, 6.45) is 7.42. The Morgan fingerprint density at radius 2 is 1.78 bits per heavy atom. The first-order chi connectivity index (χ1) is 21.9. The molecule has 3 fully saturated rings. The average molecular weight is 652 g/mol. The number of hydrogen-bond donors (Lipinski definition) is 2. The van der Waals surface area contributed by atoms with E-state index in [0.29, 0.717) is 31.1 Å². The van der Waals surface area contributed by atoms with Crippen LogP contribution in [0.4, 0.5) is 0 Å². The normalized spacial score (nSPS) is 29.8. The Hall–Kier alpha value is -4.00. The summed E-state index contributed by atoms with van der Waals surface area (Å²) in [4.78, 5) is 52.1. The van der Waals surface area contributed by atoms with E-state index in [1.54, 1.807) is 24.9 Å². The minimum atomic E-state index is -3.91. The SMILES string of the molecule is COc1cc(O[C@@H]2C[C@H]3C(=O)N[C@]4(C(=O)NS(=O)(=O)C5(C)CC5)C[C@@H]4/C=C\CCCCN(C)C(=O)[C@@H]3C2)nc(-c2ccccc2)n1. The number of fused-ring (bicyclic) bond motifs is 2. The van der Waals surface area contributed by atoms with E-state index in [4.69, 9.17) is 9.47 Å². The van der Waals surface area contributed by atoms with Gasteiger partial charge in [0.15, 0.2) is 5.82 Å². The number of carbonyl (C=O) groups excluding carboxylic acids is 3. The van der Waals surface area contributed by atoms with Crippen molar-refractivity contribution < 1.29 is 32.3 Å². The Morgan fingerprint density at radius 3 is 2.50 bits per heavy atom. The lowest BCUT2D eigenvalue weighted by Gasteiger charge is -2.27. The molecule has 0 spiro atoms. The minimum Gasteiger partial charge on any atom is -0.481 e. The van der Waals surface area contributed by atoms with Crippen LogP contribution < -0.4 is 19.5 Å². The zero-order valence-corrected chi connectivity index (χ0v) is 27.2. The Morgan fingerprint density at radius 1 is 1.07 bits per heavy atom. The molecule has 13 heteroatoms. The molecular weight excluding hydrogens is 610 g/mol. The molecule has 0 unspecified atom stereocenters. The van der Waals surface area contributed by atoms with Crippen LogP contribution in [0.25, 0.3) is 11.4 Å². The number of amides is 3. The number of methoxy groups -OCH3 is 1. The second-order valence-electron chi connectivity index (χ2n) is 13.2. The van der Waals surface area contributed by atoms with Crippen LogP contribution >= 0.6 is 0 Å². The highest BCUT2D eigenvalue weighted by molar-refractivity contribution is 7.91. The summed E-state index contributed by atoms with van der Waals surface area (Å²) in [7, 11) is -0.669. The van der Waals surface area contributed by atoms with Gasteiger partial charge >= 0.3 is 0 Å². The van der Waals surface area contributed by atoms with Gasteiger partial charge < -0.3 is 19.7 Å². The molecule has 1 aromatic carbocycles. The molecular formula is C33H41N5O7S. The van der Waals surface area contributed by atoms with E-state index in [-0.39, 0.29) is 37.0 Å². The second-order valence-corrected chi connectivity index (χ2v) is 15.4. The predicted octanol–water partition coefficient (Wildman–Crippen LogP) is 3.00. The fourth-order valence-corrected chi connectivity index (χ4v) is 7.76. The highest BCUT2D eigenvalue weighted by Crippen LogP contribution is 2.48. The van der Waals surface area contributed by atoms with Gasteiger partial charge in [0.1, 0.15) is 11.6 Å². The summed E-state index contributed by atoms with van der Waals surface area (Å²) < 4.78 is 38.9. The number of nitrogens with one attached hydrogen (secondary N) is 2. The topological polar surface area (TPSA) is 157 Å². The van der Waals surface area contributed by atoms with Crippen LogP contribution in [-0.2, 0) is 24.4 Å². The van der Waals surface area contributed by atoms with Crippen molar-refractivity contribution in [3.05, 3.63) is 48.6 Å². The van der Waals surface area contributed by atoms with Crippen molar-refractivity contribution in [2.75, 3.05) is 20.7 Å². The van der Waals surface area contributed by atoms with Gasteiger partial charge in [0.05, 0.1) is 29.8 Å². The molecule has 2 heterocycles. The van der Waals surface area contributed by atoms with Crippen LogP contribution in [0.15, 0.2) is 48.6 Å². The van der Waals surface area contributed by atoms with Gasteiger partial charge in [-0.15, -0.1) is 0 Å². The zero-order valence-electron chi connectivity index (χ0n) is 26.4. The smallest absolute Gasteiger partial charge is 0.259 e. The highest BCUT2D eigenvalue weighted by atomic mass is 32.2. The first-order valence-corrected chi connectivity index (χ1v) is 17.4. The van der Waals surface area contributed by atoms with E-state index in [0.717, 1.165) is 24.8 Å². The first-order valence-electron chi connectivity index (χ1n) is 15.9. The van der Waals surface area contributed by atoms with Crippen LogP contribution in [0.5, 0.6) is 11.8 Å². The lowest BCUT2D eigenvalue weighted by atomic mass is 9.93. The Labute approximate surface area is 269 Å². The summed E-state index contributed by atoms with van der Waals surface area (Å²) in [5.74, 6) is -2.24. The van der Waals surface area contributed by atoms with E-state index in [1.165, 1.54) is 7.11 Å². The van der Waals surface area contributed by atoms with E-state index in [1.807, 2.05) is 42.5 Å². The lowest BCUT2D eigenvalue weighted by Crippen LogP contribution is -2.55. The van der Waals surface area contributed by atoms with Crippen molar-refractivity contribution in [2.45, 2.75) is 74.7 Å². The second kappa shape index (κ2) is 12.3. The average Bonchev–Trinajstić information content (AvgIpc) is 3.92. The number of aromatic nitrogens is 2. The van der Waals surface area contributed by atoms with Crippen LogP contribution in [-0.4, -0.2) is 78.1 Å². The third kappa shape index (κ3) is 6.33. The molecule has 0 saturated heterocycles. The quantitative estimate of drug-likeness (QED) is 0.430. The van der Waals surface area contributed by atoms with Crippen LogP contribution in [0, 0.1) is 17.8 Å². The molecule has 2 N–H and O–H groups in total. The molecule has 0 bridgehead atoms. The molecule has 1 aliphatic heterocycles. The van der Waals surface area contributed by atoms with E-state index < -0.39 is 50.1 Å². The highest BCUT2D eigenvalue weighted by Gasteiger charge is 2.63. The Bertz CT molecular complexity index is 1640. The number of ether oxygens (including phenoxy) is 2. The molecule has 0 radical (unpaired) electrons. The van der Waals surface area contributed by atoms with Gasteiger partial charge in [-0.3, -0.25) is 19.1 Å². The summed E-state index contributed by atoms with van der Waals surface area (Å²) in [6, 6.07) is 11.0. The van der Waals surface area contributed by atoms with Crippen LogP contribution in [0.1, 0.15) is 58.3 Å². The number of rotatable bonds is 7. The molecule has 3 aliphatic carbocycles. The van der Waals surface area contributed by atoms with Gasteiger partial charge in [0, 0.05) is 25.1 Å². The van der Waals surface area contributed by atoms with Crippen molar-refractivity contribution in [3.8, 4) is 23.1 Å². The molecule has 46 heavy (non-hydrogen) atoms. The van der Waals surface area contributed by atoms with Gasteiger partial charge in [0.2, 0.25) is 33.6 Å². The van der Waals surface area contributed by atoms with Crippen molar-refractivity contribution in [2.24, 2.45) is 17.8 Å². The summed E-state index contributed by atoms with van der Waals surface area (Å²) in [5, 5.41) is 2.92. The number of benzene rings is 1. The Balaban J connectivity index is 1.26. The predicted molar refractivity (Wildman–Crippen MR) is 169 cm³/mol. The maximum Gasteiger partial charge on any atom is 0.259 e. The third-order valence-corrected chi connectivity index (χ3v) is 12.0. The van der Waals surface area contributed by atoms with Gasteiger partial charge in [-0.05, 0) is 58.3 Å². The number of carbonyl (C=O) groups is 3. The molecule has 4 aliphatic rings. The Kier molecular flexibility index (Phi) is 8.55. The maximum absolute atomic E-state index is 14.0. The molecule has 6 rings (SSSR count). The molecule has 2 aromatic rings. The largest absolute Gasteiger partial charge is 0.481 e. The van der Waals surface area contributed by atoms with Gasteiger partial charge in [-0.2, -0.15) is 9.97 Å². The molecule has 3 saturated carbocycles. The number of allylic oxidation sites excluding steroid dienone is 1. The standard InChI is InChI=1S/C33H41N5O7S/c1-32(14-15-32)46(42,43)37-31(41)33-20-22(33)13-9-4-5-10-16-38(2)30(40)25-18-23(17-24(25)29(39)36-33)45-27-19-26(44-3)34-28(35-27)21-11-7-6-8-12-21/h6-9,11-13,19,22-25H,4-5,10,14-18,20H2,1-3H3,(H,36,39)(H,37,41)/b13-9-/t22-,23+,24+,25+,33+/m0/s1. The van der Waals surface area contributed by atoms with E-state index in [9.17, 15) is 22.8 Å². The number of nitrogens with zero attached hydrogens (tertiary/aromatic N) is 3.